The van der Waals surface area contributed by atoms with Crippen LogP contribution in [0.2, 0.25) is 0 Å². The largest absolute Gasteiger partial charge is 0.475 e. The summed E-state index contributed by atoms with van der Waals surface area (Å²) in [4.78, 5) is 21.9. The standard InChI is InChI=1S/C40H42FN7O3/c1-24-19-31-36(35(41)33(24)30-13-7-10-25-9-6-11-26(21-43)34(25)30)45-38(50-23-29-12-8-17-46(29)5)32-22-44-48(37(31)32)28-15-18-47(27(20-28)14-16-42)39(49)51-40(2,3)4/h6-7,9-11,13,19,22,27-29H,8,12,14-15,17-18,20,23H2,1-5H3/t27-,28?,29?/m1/s1. The van der Waals surface area contributed by atoms with Crippen LogP contribution in [-0.4, -0.2) is 75.1 Å². The molecule has 0 N–H and O–H groups in total. The van der Waals surface area contributed by atoms with Crippen molar-refractivity contribution < 1.29 is 18.7 Å². The average molecular weight is 688 g/mol. The number of ether oxygens (including phenoxy) is 2. The first-order chi connectivity index (χ1) is 24.5. The molecule has 262 valence electrons. The highest BCUT2D eigenvalue weighted by Crippen LogP contribution is 2.42. The lowest BCUT2D eigenvalue weighted by Crippen LogP contribution is -2.48. The number of hydrogen-bond acceptors (Lipinski definition) is 8. The number of benzene rings is 3. The average Bonchev–Trinajstić information content (AvgIpc) is 3.73. The summed E-state index contributed by atoms with van der Waals surface area (Å²) in [6.07, 6.45) is 4.57. The van der Waals surface area contributed by atoms with E-state index in [0.717, 1.165) is 24.8 Å². The molecule has 0 bridgehead atoms. The van der Waals surface area contributed by atoms with E-state index in [1.807, 2.05) is 68.8 Å². The minimum atomic E-state index is -0.665. The number of nitriles is 2. The first-order valence-electron chi connectivity index (χ1n) is 17.6. The number of aromatic nitrogens is 3. The van der Waals surface area contributed by atoms with E-state index in [-0.39, 0.29) is 30.1 Å². The fourth-order valence-corrected chi connectivity index (χ4v) is 7.84. The van der Waals surface area contributed by atoms with Crippen LogP contribution in [0.3, 0.4) is 0 Å². The Morgan fingerprint density at radius 1 is 1.08 bits per heavy atom. The number of fused-ring (bicyclic) bond motifs is 4. The molecule has 2 unspecified atom stereocenters. The molecular formula is C40H42FN7O3. The zero-order valence-electron chi connectivity index (χ0n) is 29.7. The van der Waals surface area contributed by atoms with Crippen LogP contribution < -0.4 is 4.74 Å². The molecule has 7 rings (SSSR count). The van der Waals surface area contributed by atoms with Gasteiger partial charge < -0.3 is 19.3 Å². The first-order valence-corrected chi connectivity index (χ1v) is 17.6. The van der Waals surface area contributed by atoms with Gasteiger partial charge in [-0.1, -0.05) is 30.3 Å². The fraction of sp³-hybridized carbons (Fsp3) is 0.425. The summed E-state index contributed by atoms with van der Waals surface area (Å²) in [5.41, 5.74) is 2.37. The smallest absolute Gasteiger partial charge is 0.410 e. The topological polar surface area (TPSA) is 120 Å². The molecule has 2 saturated heterocycles. The molecule has 1 amide bonds. The highest BCUT2D eigenvalue weighted by Gasteiger charge is 2.36. The molecule has 0 saturated carbocycles. The maximum Gasteiger partial charge on any atom is 0.410 e. The van der Waals surface area contributed by atoms with Crippen molar-refractivity contribution in [1.82, 2.24) is 24.6 Å². The Balaban J connectivity index is 1.38. The van der Waals surface area contributed by atoms with Crippen molar-refractivity contribution in [3.8, 4) is 29.1 Å². The van der Waals surface area contributed by atoms with Crippen LogP contribution in [0.5, 0.6) is 5.88 Å². The lowest BCUT2D eigenvalue weighted by atomic mass is 9.91. The normalized spacial score (nSPS) is 19.8. The Bertz CT molecular complexity index is 2240. The van der Waals surface area contributed by atoms with Gasteiger partial charge in [0.1, 0.15) is 17.7 Å². The number of nitrogens with zero attached hydrogens (tertiary/aromatic N) is 7. The third-order valence-electron chi connectivity index (χ3n) is 10.3. The summed E-state index contributed by atoms with van der Waals surface area (Å²) in [6.45, 7) is 9.13. The van der Waals surface area contributed by atoms with Crippen LogP contribution in [0.4, 0.5) is 9.18 Å². The van der Waals surface area contributed by atoms with Gasteiger partial charge >= 0.3 is 6.09 Å². The van der Waals surface area contributed by atoms with Crippen LogP contribution in [0.25, 0.3) is 43.7 Å². The van der Waals surface area contributed by atoms with Crippen molar-refractivity contribution in [2.75, 3.05) is 26.7 Å². The number of carbonyl (C=O) groups is 1. The number of hydrogen-bond donors (Lipinski definition) is 0. The number of halogens is 1. The van der Waals surface area contributed by atoms with Gasteiger partial charge in [-0.3, -0.25) is 4.68 Å². The molecule has 0 radical (unpaired) electrons. The summed E-state index contributed by atoms with van der Waals surface area (Å²) in [5, 5.41) is 27.4. The molecule has 0 aliphatic carbocycles. The van der Waals surface area contributed by atoms with Crippen molar-refractivity contribution >= 4 is 38.7 Å². The van der Waals surface area contributed by atoms with E-state index in [2.05, 4.69) is 24.1 Å². The van der Waals surface area contributed by atoms with Gasteiger partial charge in [0.25, 0.3) is 0 Å². The molecule has 5 aromatic rings. The quantitative estimate of drug-likeness (QED) is 0.176. The van der Waals surface area contributed by atoms with Crippen molar-refractivity contribution in [2.45, 2.75) is 83.5 Å². The Morgan fingerprint density at radius 3 is 2.57 bits per heavy atom. The van der Waals surface area contributed by atoms with E-state index in [4.69, 9.17) is 19.6 Å². The molecule has 4 heterocycles. The van der Waals surface area contributed by atoms with Gasteiger partial charge in [-0.2, -0.15) is 15.6 Å². The summed E-state index contributed by atoms with van der Waals surface area (Å²) in [7, 11) is 2.08. The third kappa shape index (κ3) is 6.32. The van der Waals surface area contributed by atoms with Gasteiger partial charge in [-0.25, -0.2) is 14.2 Å². The second-order valence-corrected chi connectivity index (χ2v) is 14.8. The Hall–Kier alpha value is -5.26. The number of piperidine rings is 1. The van der Waals surface area contributed by atoms with Crippen molar-refractivity contribution in [2.24, 2.45) is 0 Å². The number of aryl methyl sites for hydroxylation is 1. The van der Waals surface area contributed by atoms with Gasteiger partial charge in [0.05, 0.1) is 53.3 Å². The number of amides is 1. The fourth-order valence-electron chi connectivity index (χ4n) is 7.84. The first kappa shape index (κ1) is 34.2. The predicted octanol–water partition coefficient (Wildman–Crippen LogP) is 8.05. The summed E-state index contributed by atoms with van der Waals surface area (Å²) < 4.78 is 31.3. The van der Waals surface area contributed by atoms with E-state index in [0.29, 0.717) is 75.8 Å². The van der Waals surface area contributed by atoms with Gasteiger partial charge in [0, 0.05) is 28.9 Å². The zero-order chi connectivity index (χ0) is 36.0. The van der Waals surface area contributed by atoms with Gasteiger partial charge in [-0.05, 0) is 95.6 Å². The molecule has 10 nitrogen and oxygen atoms in total. The lowest BCUT2D eigenvalue weighted by molar-refractivity contribution is 0.00565. The molecule has 11 heteroatoms. The highest BCUT2D eigenvalue weighted by molar-refractivity contribution is 6.09. The molecular weight excluding hydrogens is 645 g/mol. The van der Waals surface area contributed by atoms with Crippen LogP contribution in [-0.2, 0) is 4.74 Å². The molecule has 2 fully saturated rings. The molecule has 3 atom stereocenters. The summed E-state index contributed by atoms with van der Waals surface area (Å²) in [6, 6.07) is 17.3. The van der Waals surface area contributed by atoms with E-state index < -0.39 is 17.5 Å². The highest BCUT2D eigenvalue weighted by atomic mass is 19.1. The van der Waals surface area contributed by atoms with E-state index >= 15 is 4.39 Å². The molecule has 3 aromatic carbocycles. The number of likely N-dealkylation sites (tertiary alicyclic amines) is 2. The maximum absolute atomic E-state index is 17.3. The minimum Gasteiger partial charge on any atom is -0.475 e. The third-order valence-corrected chi connectivity index (χ3v) is 10.3. The summed E-state index contributed by atoms with van der Waals surface area (Å²) in [5.74, 6) is -0.182. The van der Waals surface area contributed by atoms with Crippen LogP contribution in [0.1, 0.15) is 70.0 Å². The maximum atomic E-state index is 17.3. The Kier molecular flexibility index (Phi) is 9.03. The Morgan fingerprint density at radius 2 is 1.86 bits per heavy atom. The van der Waals surface area contributed by atoms with Crippen LogP contribution in [0.15, 0.2) is 48.7 Å². The molecule has 2 aliphatic rings. The number of carbonyl (C=O) groups excluding carboxylic acids is 1. The van der Waals surface area contributed by atoms with Crippen molar-refractivity contribution in [3.05, 3.63) is 65.6 Å². The second kappa shape index (κ2) is 13.5. The Labute approximate surface area is 297 Å². The molecule has 51 heavy (non-hydrogen) atoms. The van der Waals surface area contributed by atoms with Crippen molar-refractivity contribution in [3.63, 3.8) is 0 Å². The molecule has 2 aliphatic heterocycles. The number of pyridine rings is 1. The van der Waals surface area contributed by atoms with E-state index in [1.165, 1.54) is 0 Å². The van der Waals surface area contributed by atoms with E-state index in [1.54, 1.807) is 17.2 Å². The van der Waals surface area contributed by atoms with Gasteiger partial charge in [0.2, 0.25) is 5.88 Å². The van der Waals surface area contributed by atoms with E-state index in [9.17, 15) is 15.3 Å². The SMILES string of the molecule is Cc1cc2c(nc(OCC3CCCN3C)c3cnn(C4CCN(C(=O)OC(C)(C)C)[C@H](CC#N)C4)c32)c(F)c1-c1cccc2cccc(C#N)c12. The number of likely N-dealkylation sites (N-methyl/N-ethyl adjacent to an activating group) is 1. The van der Waals surface area contributed by atoms with Gasteiger partial charge in [-0.15, -0.1) is 0 Å². The second-order valence-electron chi connectivity index (χ2n) is 14.8. The summed E-state index contributed by atoms with van der Waals surface area (Å²) >= 11 is 0. The minimum absolute atomic E-state index is 0.146. The van der Waals surface area contributed by atoms with Crippen LogP contribution >= 0.6 is 0 Å². The molecule has 0 spiro atoms. The predicted molar refractivity (Wildman–Crippen MR) is 194 cm³/mol. The van der Waals surface area contributed by atoms with Crippen molar-refractivity contribution in [1.29, 1.82) is 10.5 Å². The zero-order valence-corrected chi connectivity index (χ0v) is 29.7. The monoisotopic (exact) mass is 687 g/mol. The van der Waals surface area contributed by atoms with Crippen LogP contribution in [0, 0.1) is 35.4 Å². The lowest BCUT2D eigenvalue weighted by Gasteiger charge is -2.39. The van der Waals surface area contributed by atoms with Gasteiger partial charge in [0.15, 0.2) is 5.82 Å². The number of rotatable bonds is 6. The molecule has 2 aromatic heterocycles.